The second kappa shape index (κ2) is 8.91. The fourth-order valence-electron chi connectivity index (χ4n) is 3.03. The van der Waals surface area contributed by atoms with Gasteiger partial charge in [0.15, 0.2) is 13.2 Å². The van der Waals surface area contributed by atoms with Gasteiger partial charge in [0, 0.05) is 12.1 Å². The van der Waals surface area contributed by atoms with Crippen LogP contribution in [0.5, 0.6) is 5.75 Å². The number of amides is 1. The van der Waals surface area contributed by atoms with Crippen molar-refractivity contribution in [3.05, 3.63) is 28.8 Å². The highest BCUT2D eigenvalue weighted by Crippen LogP contribution is 2.32. The molecule has 0 aliphatic heterocycles. The lowest BCUT2D eigenvalue weighted by Gasteiger charge is -2.38. The first-order chi connectivity index (χ1) is 12.4. The van der Waals surface area contributed by atoms with Crippen LogP contribution in [-0.4, -0.2) is 42.6 Å². The quantitative estimate of drug-likeness (QED) is 0.710. The molecule has 1 aliphatic rings. The normalized spacial score (nSPS) is 15.6. The Labute approximate surface area is 158 Å². The van der Waals surface area contributed by atoms with E-state index in [-0.39, 0.29) is 12.5 Å². The van der Waals surface area contributed by atoms with Gasteiger partial charge in [0.25, 0.3) is 5.91 Å². The molecule has 0 saturated heterocycles. The van der Waals surface area contributed by atoms with Gasteiger partial charge in [-0.05, 0) is 43.5 Å². The Balaban J connectivity index is 1.81. The number of halogens is 1. The van der Waals surface area contributed by atoms with E-state index < -0.39 is 18.1 Å². The fourth-order valence-corrected chi connectivity index (χ4v) is 3.15. The highest BCUT2D eigenvalue weighted by Gasteiger charge is 2.38. The van der Waals surface area contributed by atoms with E-state index in [1.807, 2.05) is 6.92 Å². The van der Waals surface area contributed by atoms with Gasteiger partial charge in [0.05, 0.1) is 6.07 Å². The van der Waals surface area contributed by atoms with Crippen LogP contribution in [0.15, 0.2) is 18.2 Å². The molecule has 1 aliphatic carbocycles. The van der Waals surface area contributed by atoms with Gasteiger partial charge in [-0.3, -0.25) is 4.79 Å². The third-order valence-corrected chi connectivity index (χ3v) is 5.17. The van der Waals surface area contributed by atoms with Crippen LogP contribution in [0.1, 0.15) is 37.7 Å². The predicted octanol–water partition coefficient (Wildman–Crippen LogP) is 3.26. The zero-order valence-electron chi connectivity index (χ0n) is 15.1. The maximum Gasteiger partial charge on any atom is 0.344 e. The van der Waals surface area contributed by atoms with Crippen molar-refractivity contribution >= 4 is 23.5 Å². The fraction of sp³-hybridized carbons (Fsp3) is 0.526. The molecule has 1 aromatic rings. The van der Waals surface area contributed by atoms with E-state index in [0.29, 0.717) is 23.6 Å². The molecular formula is C19H23ClN2O4. The van der Waals surface area contributed by atoms with Crippen molar-refractivity contribution in [1.82, 2.24) is 4.90 Å². The van der Waals surface area contributed by atoms with E-state index >= 15 is 0 Å². The van der Waals surface area contributed by atoms with Crippen LogP contribution in [0.2, 0.25) is 5.02 Å². The van der Waals surface area contributed by atoms with Crippen molar-refractivity contribution in [2.45, 2.75) is 44.6 Å². The minimum Gasteiger partial charge on any atom is -0.482 e. The smallest absolute Gasteiger partial charge is 0.344 e. The second-order valence-electron chi connectivity index (χ2n) is 6.52. The van der Waals surface area contributed by atoms with Gasteiger partial charge in [-0.25, -0.2) is 4.79 Å². The van der Waals surface area contributed by atoms with E-state index in [9.17, 15) is 14.9 Å². The first kappa shape index (κ1) is 20.1. The van der Waals surface area contributed by atoms with E-state index in [2.05, 4.69) is 6.07 Å². The monoisotopic (exact) mass is 378 g/mol. The van der Waals surface area contributed by atoms with Crippen LogP contribution in [0.25, 0.3) is 0 Å². The van der Waals surface area contributed by atoms with Crippen molar-refractivity contribution < 1.29 is 19.1 Å². The molecule has 0 N–H and O–H groups in total. The third kappa shape index (κ3) is 4.89. The Morgan fingerprint density at radius 1 is 1.27 bits per heavy atom. The lowest BCUT2D eigenvalue weighted by Crippen LogP contribution is -2.51. The molecule has 6 nitrogen and oxygen atoms in total. The van der Waals surface area contributed by atoms with Gasteiger partial charge >= 0.3 is 5.97 Å². The summed E-state index contributed by atoms with van der Waals surface area (Å²) in [5.74, 6) is -0.531. The molecule has 140 valence electrons. The number of benzene rings is 1. The highest BCUT2D eigenvalue weighted by molar-refractivity contribution is 6.31. The number of esters is 1. The molecule has 1 saturated carbocycles. The van der Waals surface area contributed by atoms with Gasteiger partial charge in [0.1, 0.15) is 11.3 Å². The van der Waals surface area contributed by atoms with Crippen LogP contribution >= 0.6 is 11.6 Å². The Hall–Kier alpha value is -2.26. The Morgan fingerprint density at radius 3 is 2.58 bits per heavy atom. The van der Waals surface area contributed by atoms with Crippen LogP contribution in [-0.2, 0) is 14.3 Å². The topological polar surface area (TPSA) is 79.6 Å². The summed E-state index contributed by atoms with van der Waals surface area (Å²) in [5.41, 5.74) is 0.0441. The SMILES string of the molecule is Cc1cc(OCC(=O)OCC(=O)N(C)C2(C#N)CCCCC2)ccc1Cl. The van der Waals surface area contributed by atoms with Gasteiger partial charge in [-0.1, -0.05) is 30.9 Å². The molecule has 0 heterocycles. The molecule has 2 rings (SSSR count). The third-order valence-electron chi connectivity index (χ3n) is 4.75. The molecule has 0 aromatic heterocycles. The van der Waals surface area contributed by atoms with Gasteiger partial charge in [-0.15, -0.1) is 0 Å². The van der Waals surface area contributed by atoms with Crippen molar-refractivity contribution in [2.75, 3.05) is 20.3 Å². The number of aryl methyl sites for hydroxylation is 1. The highest BCUT2D eigenvalue weighted by atomic mass is 35.5. The Bertz CT molecular complexity index is 708. The molecule has 0 unspecified atom stereocenters. The summed E-state index contributed by atoms with van der Waals surface area (Å²) in [6.07, 6.45) is 4.21. The standard InChI is InChI=1S/C19H23ClN2O4/c1-14-10-15(6-7-16(14)20)25-12-18(24)26-11-17(23)22(2)19(13-21)8-4-3-5-9-19/h6-7,10H,3-5,8-9,11-12H2,1-2H3. The number of hydrogen-bond acceptors (Lipinski definition) is 5. The van der Waals surface area contributed by atoms with Crippen molar-refractivity contribution in [2.24, 2.45) is 0 Å². The number of nitriles is 1. The summed E-state index contributed by atoms with van der Waals surface area (Å²) >= 11 is 5.93. The average Bonchev–Trinajstić information content (AvgIpc) is 2.66. The Kier molecular flexibility index (Phi) is 6.87. The van der Waals surface area contributed by atoms with Crippen LogP contribution in [0.3, 0.4) is 0 Å². The number of rotatable bonds is 6. The minimum atomic E-state index is -0.793. The van der Waals surface area contributed by atoms with Crippen molar-refractivity contribution in [1.29, 1.82) is 5.26 Å². The summed E-state index contributed by atoms with van der Waals surface area (Å²) < 4.78 is 10.3. The molecule has 1 amide bonds. The summed E-state index contributed by atoms with van der Waals surface area (Å²) in [6, 6.07) is 7.32. The maximum atomic E-state index is 12.3. The number of nitrogens with zero attached hydrogens (tertiary/aromatic N) is 2. The van der Waals surface area contributed by atoms with Crippen LogP contribution in [0, 0.1) is 18.3 Å². The zero-order chi connectivity index (χ0) is 19.2. The van der Waals surface area contributed by atoms with E-state index in [4.69, 9.17) is 21.1 Å². The molecule has 0 atom stereocenters. The first-order valence-corrected chi connectivity index (χ1v) is 8.98. The first-order valence-electron chi connectivity index (χ1n) is 8.60. The molecule has 0 spiro atoms. The second-order valence-corrected chi connectivity index (χ2v) is 6.92. The summed E-state index contributed by atoms with van der Waals surface area (Å²) in [4.78, 5) is 25.5. The number of hydrogen-bond donors (Lipinski definition) is 0. The summed E-state index contributed by atoms with van der Waals surface area (Å²) in [5, 5.41) is 10.1. The number of ether oxygens (including phenoxy) is 2. The maximum absolute atomic E-state index is 12.3. The van der Waals surface area contributed by atoms with E-state index in [0.717, 1.165) is 24.8 Å². The summed E-state index contributed by atoms with van der Waals surface area (Å²) in [7, 11) is 1.59. The number of likely N-dealkylation sites (N-methyl/N-ethyl adjacent to an activating group) is 1. The van der Waals surface area contributed by atoms with Crippen molar-refractivity contribution in [3.63, 3.8) is 0 Å². The molecule has 26 heavy (non-hydrogen) atoms. The van der Waals surface area contributed by atoms with Crippen molar-refractivity contribution in [3.8, 4) is 11.8 Å². The predicted molar refractivity (Wildman–Crippen MR) is 96.8 cm³/mol. The van der Waals surface area contributed by atoms with E-state index in [1.165, 1.54) is 4.90 Å². The lowest BCUT2D eigenvalue weighted by atomic mass is 9.81. The molecule has 1 aromatic carbocycles. The summed E-state index contributed by atoms with van der Waals surface area (Å²) in [6.45, 7) is 1.13. The van der Waals surface area contributed by atoms with Crippen LogP contribution < -0.4 is 4.74 Å². The van der Waals surface area contributed by atoms with Gasteiger partial charge < -0.3 is 14.4 Å². The molecular weight excluding hydrogens is 356 g/mol. The molecule has 7 heteroatoms. The number of carbonyl (C=O) groups is 2. The average molecular weight is 379 g/mol. The largest absolute Gasteiger partial charge is 0.482 e. The van der Waals surface area contributed by atoms with Gasteiger partial charge in [0.2, 0.25) is 0 Å². The molecule has 0 radical (unpaired) electrons. The zero-order valence-corrected chi connectivity index (χ0v) is 15.8. The van der Waals surface area contributed by atoms with Crippen LogP contribution in [0.4, 0.5) is 0 Å². The molecule has 0 bridgehead atoms. The lowest BCUT2D eigenvalue weighted by molar-refractivity contribution is -0.155. The number of carbonyl (C=O) groups excluding carboxylic acids is 2. The Morgan fingerprint density at radius 2 is 1.96 bits per heavy atom. The molecule has 1 fully saturated rings. The minimum absolute atomic E-state index is 0.304. The van der Waals surface area contributed by atoms with E-state index in [1.54, 1.807) is 25.2 Å². The van der Waals surface area contributed by atoms with Gasteiger partial charge in [-0.2, -0.15) is 5.26 Å².